The third-order valence-corrected chi connectivity index (χ3v) is 12.6. The maximum absolute atomic E-state index is 14.3. The fourth-order valence-electron chi connectivity index (χ4n) is 8.66. The van der Waals surface area contributed by atoms with Crippen LogP contribution >= 0.6 is 11.3 Å². The van der Waals surface area contributed by atoms with Crippen LogP contribution in [0.5, 0.6) is 0 Å². The van der Waals surface area contributed by atoms with Gasteiger partial charge in [0.1, 0.15) is 0 Å². The van der Waals surface area contributed by atoms with Crippen LogP contribution in [-0.4, -0.2) is 33.1 Å². The number of hydrogen-bond acceptors (Lipinski definition) is 4. The Labute approximate surface area is 268 Å². The highest BCUT2D eigenvalue weighted by Crippen LogP contribution is 2.59. The van der Waals surface area contributed by atoms with E-state index in [1.54, 1.807) is 11.3 Å². The van der Waals surface area contributed by atoms with Crippen LogP contribution in [-0.2, 0) is 17.3 Å². The zero-order chi connectivity index (χ0) is 31.0. The lowest BCUT2D eigenvalue weighted by atomic mass is 9.52. The van der Waals surface area contributed by atoms with E-state index in [0.29, 0.717) is 12.5 Å². The molecule has 2 aromatic heterocycles. The summed E-state index contributed by atoms with van der Waals surface area (Å²) in [7, 11) is 2.11. The molecule has 45 heavy (non-hydrogen) atoms. The Morgan fingerprint density at radius 1 is 0.933 bits per heavy atom. The highest BCUT2D eigenvalue weighted by Gasteiger charge is 2.52. The van der Waals surface area contributed by atoms with Gasteiger partial charge in [-0.05, 0) is 118 Å². The third kappa shape index (κ3) is 5.41. The highest BCUT2D eigenvalue weighted by atomic mass is 32.1. The average molecular weight is 629 g/mol. The lowest BCUT2D eigenvalue weighted by Crippen LogP contribution is -2.52. The summed E-state index contributed by atoms with van der Waals surface area (Å²) >= 11 is 1.69. The Morgan fingerprint density at radius 2 is 1.64 bits per heavy atom. The molecule has 9 rings (SSSR count). The number of carbonyl (C=O) groups excluding carboxylic acids is 1. The zero-order valence-corrected chi connectivity index (χ0v) is 27.1. The monoisotopic (exact) mass is 628 g/mol. The molecule has 4 aromatic rings. The van der Waals surface area contributed by atoms with E-state index in [0.717, 1.165) is 70.6 Å². The maximum Gasteiger partial charge on any atom is 0.248 e. The van der Waals surface area contributed by atoms with E-state index in [-0.39, 0.29) is 48.3 Å². The van der Waals surface area contributed by atoms with E-state index in [4.69, 9.17) is 5.10 Å². The van der Waals surface area contributed by atoms with Crippen molar-refractivity contribution >= 4 is 33.1 Å². The zero-order valence-electron chi connectivity index (χ0n) is 26.3. The molecule has 0 N–H and O–H groups in total. The Bertz CT molecular complexity index is 1740. The number of aryl methyl sites for hydroxylation is 2. The molecule has 0 aliphatic heterocycles. The van der Waals surface area contributed by atoms with Gasteiger partial charge in [0.25, 0.3) is 0 Å². The number of fused-ring (bicyclic) bond motifs is 4. The smallest absolute Gasteiger partial charge is 0.248 e. The van der Waals surface area contributed by atoms with Crippen molar-refractivity contribution in [2.24, 2.45) is 18.4 Å². The molecule has 1 amide bonds. The molecule has 0 spiro atoms. The number of aromatic nitrogens is 3. The van der Waals surface area contributed by atoms with Gasteiger partial charge in [-0.15, -0.1) is 11.3 Å². The standard InChI is InChI=1S/C37H42F2N4OS/c1-24-40-30-9-8-28(21-32(30)45-24)27-4-3-5-29(20-27)43(34(44)26-10-12-37(38,39)13-11-26)23-35-14-17-36(18-15-35,19-16-35)33-22-31(25-6-7-25)41-42(33)2/h3-5,8-9,20-22,25-26H,6-7,10-19,23H2,1-2H3. The van der Waals surface area contributed by atoms with Crippen molar-refractivity contribution in [3.05, 3.63) is 64.9 Å². The van der Waals surface area contributed by atoms with Crippen LogP contribution < -0.4 is 4.90 Å². The molecule has 236 valence electrons. The molecule has 0 unspecified atom stereocenters. The summed E-state index contributed by atoms with van der Waals surface area (Å²) in [4.78, 5) is 21.0. The molecular formula is C37H42F2N4OS. The van der Waals surface area contributed by atoms with E-state index in [2.05, 4.69) is 53.1 Å². The lowest BCUT2D eigenvalue weighted by Gasteiger charge is -2.54. The van der Waals surface area contributed by atoms with Crippen LogP contribution in [0, 0.1) is 18.3 Å². The summed E-state index contributed by atoms with van der Waals surface area (Å²) in [6.07, 6.45) is 9.19. The van der Waals surface area contributed by atoms with E-state index in [1.807, 2.05) is 24.0 Å². The van der Waals surface area contributed by atoms with Gasteiger partial charge >= 0.3 is 0 Å². The summed E-state index contributed by atoms with van der Waals surface area (Å²) in [5.74, 6) is -2.35. The molecule has 8 heteroatoms. The quantitative estimate of drug-likeness (QED) is 0.205. The second-order valence-corrected chi connectivity index (χ2v) is 15.9. The number of rotatable bonds is 7. The van der Waals surface area contributed by atoms with Crippen LogP contribution in [0.1, 0.15) is 99.4 Å². The summed E-state index contributed by atoms with van der Waals surface area (Å²) < 4.78 is 31.6. The SMILES string of the molecule is Cc1nc2ccc(-c3cccc(N(CC45CCC(c6cc(C7CC7)nn6C)(CC4)CC5)C(=O)C4CCC(F)(F)CC4)c3)cc2s1. The van der Waals surface area contributed by atoms with Crippen LogP contribution in [0.3, 0.4) is 0 Å². The first-order valence-electron chi connectivity index (χ1n) is 16.8. The first kappa shape index (κ1) is 29.3. The summed E-state index contributed by atoms with van der Waals surface area (Å²) in [5.41, 5.74) is 6.92. The highest BCUT2D eigenvalue weighted by molar-refractivity contribution is 7.18. The molecule has 2 heterocycles. The number of halogens is 2. The second-order valence-electron chi connectivity index (χ2n) is 14.7. The van der Waals surface area contributed by atoms with Gasteiger partial charge in [-0.3, -0.25) is 9.48 Å². The fraction of sp³-hybridized carbons (Fsp3) is 0.541. The number of anilines is 1. The number of nitrogens with zero attached hydrogens (tertiary/aromatic N) is 4. The molecule has 2 bridgehead atoms. The average Bonchev–Trinajstić information content (AvgIpc) is 3.71. The Hall–Kier alpha value is -3.13. The van der Waals surface area contributed by atoms with Gasteiger partial charge in [0.15, 0.2) is 0 Å². The van der Waals surface area contributed by atoms with Gasteiger partial charge in [-0.25, -0.2) is 13.8 Å². The van der Waals surface area contributed by atoms with Gasteiger partial charge in [0.2, 0.25) is 11.8 Å². The second kappa shape index (κ2) is 10.7. The molecule has 0 radical (unpaired) electrons. The Morgan fingerprint density at radius 3 is 2.36 bits per heavy atom. The van der Waals surface area contributed by atoms with E-state index >= 15 is 0 Å². The first-order valence-corrected chi connectivity index (χ1v) is 17.6. The van der Waals surface area contributed by atoms with Crippen molar-refractivity contribution in [1.29, 1.82) is 0 Å². The topological polar surface area (TPSA) is 51.0 Å². The minimum absolute atomic E-state index is 0.0219. The van der Waals surface area contributed by atoms with Crippen molar-refractivity contribution in [1.82, 2.24) is 14.8 Å². The van der Waals surface area contributed by atoms with Crippen LogP contribution in [0.4, 0.5) is 14.5 Å². The predicted octanol–water partition coefficient (Wildman–Crippen LogP) is 9.33. The number of carbonyl (C=O) groups is 1. The van der Waals surface area contributed by atoms with Crippen molar-refractivity contribution in [3.63, 3.8) is 0 Å². The number of thiazole rings is 1. The minimum Gasteiger partial charge on any atom is -0.312 e. The van der Waals surface area contributed by atoms with E-state index in [1.165, 1.54) is 24.2 Å². The van der Waals surface area contributed by atoms with Crippen molar-refractivity contribution in [3.8, 4) is 11.1 Å². The fourth-order valence-corrected chi connectivity index (χ4v) is 9.53. The molecule has 2 aromatic carbocycles. The number of benzene rings is 2. The van der Waals surface area contributed by atoms with Gasteiger partial charge < -0.3 is 4.90 Å². The molecule has 0 saturated heterocycles. The Balaban J connectivity index is 1.08. The van der Waals surface area contributed by atoms with Crippen LogP contribution in [0.25, 0.3) is 21.3 Å². The normalized spacial score (nSPS) is 26.4. The van der Waals surface area contributed by atoms with Gasteiger partial charge in [0, 0.05) is 55.1 Å². The third-order valence-electron chi connectivity index (χ3n) is 11.7. The molecule has 5 nitrogen and oxygen atoms in total. The summed E-state index contributed by atoms with van der Waals surface area (Å²) in [6, 6.07) is 17.0. The first-order chi connectivity index (χ1) is 21.6. The lowest BCUT2D eigenvalue weighted by molar-refractivity contribution is -0.127. The van der Waals surface area contributed by atoms with Gasteiger partial charge in [0.05, 0.1) is 20.9 Å². The van der Waals surface area contributed by atoms with E-state index < -0.39 is 5.92 Å². The molecule has 5 saturated carbocycles. The van der Waals surface area contributed by atoms with E-state index in [9.17, 15) is 13.6 Å². The minimum atomic E-state index is -2.66. The van der Waals surface area contributed by atoms with Gasteiger partial charge in [-0.1, -0.05) is 18.2 Å². The summed E-state index contributed by atoms with van der Waals surface area (Å²) in [5, 5.41) is 5.95. The maximum atomic E-state index is 14.3. The largest absolute Gasteiger partial charge is 0.312 e. The molecule has 5 aliphatic carbocycles. The van der Waals surface area contributed by atoms with Crippen molar-refractivity contribution in [2.45, 2.75) is 101 Å². The summed E-state index contributed by atoms with van der Waals surface area (Å²) in [6.45, 7) is 2.68. The van der Waals surface area contributed by atoms with Gasteiger partial charge in [-0.2, -0.15) is 5.10 Å². The number of hydrogen-bond donors (Lipinski definition) is 0. The molecule has 0 atom stereocenters. The van der Waals surface area contributed by atoms with Crippen LogP contribution in [0.15, 0.2) is 48.5 Å². The molecule has 5 aliphatic rings. The van der Waals surface area contributed by atoms with Crippen LogP contribution in [0.2, 0.25) is 0 Å². The van der Waals surface area contributed by atoms with Crippen molar-refractivity contribution in [2.75, 3.05) is 11.4 Å². The Kier molecular flexibility index (Phi) is 6.97. The predicted molar refractivity (Wildman–Crippen MR) is 176 cm³/mol. The molecule has 5 fully saturated rings. The number of alkyl halides is 2. The molecular weight excluding hydrogens is 586 g/mol. The van der Waals surface area contributed by atoms with Crippen molar-refractivity contribution < 1.29 is 13.6 Å². The number of amides is 1.